The van der Waals surface area contributed by atoms with Crippen LogP contribution in [0.2, 0.25) is 5.04 Å². The lowest BCUT2D eigenvalue weighted by molar-refractivity contribution is 0.694. The highest BCUT2D eigenvalue weighted by Gasteiger charge is 2.47. The van der Waals surface area contributed by atoms with Crippen LogP contribution in [0.4, 0.5) is 0 Å². The molecular weight excluding hydrogens is 330 g/mol. The maximum atomic E-state index is 11.4. The third kappa shape index (κ3) is 3.45. The van der Waals surface area contributed by atoms with Crippen LogP contribution in [-0.4, -0.2) is 18.5 Å². The fourth-order valence-corrected chi connectivity index (χ4v) is 9.26. The van der Waals surface area contributed by atoms with E-state index in [0.29, 0.717) is 6.17 Å². The van der Waals surface area contributed by atoms with Crippen molar-refractivity contribution in [3.8, 4) is 0 Å². The van der Waals surface area contributed by atoms with Gasteiger partial charge in [-0.05, 0) is 15.7 Å². The van der Waals surface area contributed by atoms with Gasteiger partial charge < -0.3 is 0 Å². The van der Waals surface area contributed by atoms with Crippen LogP contribution in [0.15, 0.2) is 65.0 Å². The van der Waals surface area contributed by atoms with Gasteiger partial charge in [0.2, 0.25) is 0 Å². The topological polar surface area (TPSA) is 29.4 Å². The minimum atomic E-state index is -2.25. The van der Waals surface area contributed by atoms with Gasteiger partial charge in [-0.2, -0.15) is 0 Å². The summed E-state index contributed by atoms with van der Waals surface area (Å²) in [5.74, 6) is 0. The highest BCUT2D eigenvalue weighted by Crippen LogP contribution is 2.36. The number of halogens is 1. The van der Waals surface area contributed by atoms with E-state index in [0.717, 1.165) is 0 Å². The number of rotatable bonds is 4. The average molecular weight is 352 g/mol. The molecule has 0 amide bonds. The molecule has 0 spiro atoms. The maximum Gasteiger partial charge on any atom is 0.146 e. The molecule has 2 aromatic rings. The van der Waals surface area contributed by atoms with Crippen molar-refractivity contribution < 1.29 is 4.21 Å². The monoisotopic (exact) mass is 351 g/mol. The van der Waals surface area contributed by atoms with E-state index in [1.165, 1.54) is 10.4 Å². The van der Waals surface area contributed by atoms with E-state index in [9.17, 15) is 4.21 Å². The summed E-state index contributed by atoms with van der Waals surface area (Å²) in [5, 5.41) is 2.61. The molecule has 0 fully saturated rings. The Morgan fingerprint density at radius 3 is 1.68 bits per heavy atom. The van der Waals surface area contributed by atoms with E-state index in [1.54, 1.807) is 0 Å². The van der Waals surface area contributed by atoms with Gasteiger partial charge in [0.25, 0.3) is 0 Å². The van der Waals surface area contributed by atoms with E-state index in [2.05, 4.69) is 73.7 Å². The molecule has 1 atom stereocenters. The molecule has 0 heterocycles. The predicted octanol–water partition coefficient (Wildman–Crippen LogP) is 3.41. The summed E-state index contributed by atoms with van der Waals surface area (Å²) >= 11 is 0. The number of nitrogens with zero attached hydrogens (tertiary/aromatic N) is 1. The third-order valence-electron chi connectivity index (χ3n) is 4.23. The van der Waals surface area contributed by atoms with Crippen LogP contribution >= 0.6 is 10.7 Å². The summed E-state index contributed by atoms with van der Waals surface area (Å²) in [6, 6.07) is 21.0. The summed E-state index contributed by atoms with van der Waals surface area (Å²) < 4.78 is 15.7. The Bertz CT molecular complexity index is 652. The molecule has 0 aromatic heterocycles. The number of hydrogen-bond donors (Lipinski definition) is 1. The van der Waals surface area contributed by atoms with Gasteiger partial charge >= 0.3 is 0 Å². The molecule has 0 saturated heterocycles. The molecule has 2 nitrogen and oxygen atoms in total. The van der Waals surface area contributed by atoms with Crippen LogP contribution in [-0.2, 0) is 9.81 Å². The van der Waals surface area contributed by atoms with E-state index >= 15 is 0 Å². The van der Waals surface area contributed by atoms with Gasteiger partial charge in [-0.1, -0.05) is 91.8 Å². The molecule has 0 saturated carbocycles. The molecule has 0 aliphatic carbocycles. The molecule has 1 unspecified atom stereocenters. The second-order valence-electron chi connectivity index (χ2n) is 6.41. The second kappa shape index (κ2) is 6.98. The zero-order valence-electron chi connectivity index (χ0n) is 13.2. The molecule has 118 valence electrons. The minimum Gasteiger partial charge on any atom is -0.237 e. The van der Waals surface area contributed by atoms with Crippen LogP contribution in [0.5, 0.6) is 0 Å². The van der Waals surface area contributed by atoms with Crippen molar-refractivity contribution in [2.75, 3.05) is 6.17 Å². The second-order valence-corrected chi connectivity index (χ2v) is 12.8. The Morgan fingerprint density at radius 2 is 1.36 bits per heavy atom. The number of hydrogen-bond acceptors (Lipinski definition) is 2. The summed E-state index contributed by atoms with van der Waals surface area (Å²) in [4.78, 5) is 0. The maximum absolute atomic E-state index is 11.4. The number of thiol groups is 1. The first-order valence-corrected chi connectivity index (χ1v) is 11.6. The average Bonchev–Trinajstić information content (AvgIpc) is 2.48. The standard InChI is InChI=1S/C17H22ClNOSSi/c1-17(2,3)22(14-19-21(18)20,15-10-6-4-7-11-15)16-12-8-5-9-13-16/h4-13,21H,14H2,1-3H3. The molecule has 22 heavy (non-hydrogen) atoms. The van der Waals surface area contributed by atoms with Crippen LogP contribution < -0.4 is 10.4 Å². The highest BCUT2D eigenvalue weighted by atomic mass is 35.7. The van der Waals surface area contributed by atoms with Crippen LogP contribution in [0, 0.1) is 0 Å². The van der Waals surface area contributed by atoms with Gasteiger partial charge in [-0.15, -0.1) is 0 Å². The van der Waals surface area contributed by atoms with Gasteiger partial charge in [-0.25, -0.2) is 8.57 Å². The van der Waals surface area contributed by atoms with Gasteiger partial charge in [-0.3, -0.25) is 0 Å². The van der Waals surface area contributed by atoms with Crippen molar-refractivity contribution in [3.63, 3.8) is 0 Å². The van der Waals surface area contributed by atoms with Crippen molar-refractivity contribution in [3.05, 3.63) is 60.7 Å². The van der Waals surface area contributed by atoms with Crippen molar-refractivity contribution >= 4 is 38.9 Å². The minimum absolute atomic E-state index is 0.0153. The lowest BCUT2D eigenvalue weighted by Gasteiger charge is -2.42. The Labute approximate surface area is 140 Å². The Balaban J connectivity index is 2.75. The lowest BCUT2D eigenvalue weighted by atomic mass is 10.2. The first-order chi connectivity index (χ1) is 10.4. The van der Waals surface area contributed by atoms with Gasteiger partial charge in [0.15, 0.2) is 0 Å². The molecule has 0 radical (unpaired) electrons. The van der Waals surface area contributed by atoms with Crippen molar-refractivity contribution in [1.29, 1.82) is 0 Å². The first kappa shape index (κ1) is 17.3. The van der Waals surface area contributed by atoms with Crippen molar-refractivity contribution in [2.45, 2.75) is 25.8 Å². The smallest absolute Gasteiger partial charge is 0.146 e. The van der Waals surface area contributed by atoms with Crippen LogP contribution in [0.3, 0.4) is 0 Å². The SMILES string of the molecule is CC(C)(C)[Si](C/N=[SH](=O)/Cl)(c1ccccc1)c1ccccc1. The van der Waals surface area contributed by atoms with Crippen molar-refractivity contribution in [1.82, 2.24) is 0 Å². The summed E-state index contributed by atoms with van der Waals surface area (Å²) in [5.41, 5.74) is 0. The molecular formula is C17H22ClNOSSi. The molecule has 0 aliphatic rings. The van der Waals surface area contributed by atoms with Gasteiger partial charge in [0.1, 0.15) is 17.9 Å². The summed E-state index contributed by atoms with van der Waals surface area (Å²) in [6.07, 6.45) is 0.531. The van der Waals surface area contributed by atoms with Crippen molar-refractivity contribution in [2.24, 2.45) is 4.36 Å². The summed E-state index contributed by atoms with van der Waals surface area (Å²) in [7, 11) is 1.42. The predicted molar refractivity (Wildman–Crippen MR) is 100 cm³/mol. The fraction of sp³-hybridized carbons (Fsp3) is 0.294. The first-order valence-electron chi connectivity index (χ1n) is 7.29. The van der Waals surface area contributed by atoms with Crippen LogP contribution in [0.1, 0.15) is 20.8 Å². The highest BCUT2D eigenvalue weighted by molar-refractivity contribution is 8.00. The van der Waals surface area contributed by atoms with E-state index in [1.807, 2.05) is 12.1 Å². The van der Waals surface area contributed by atoms with E-state index in [-0.39, 0.29) is 5.04 Å². The Hall–Kier alpha value is -1.10. The Kier molecular flexibility index (Phi) is 5.48. The quantitative estimate of drug-likeness (QED) is 0.510. The van der Waals surface area contributed by atoms with E-state index in [4.69, 9.17) is 10.7 Å². The molecule has 0 aliphatic heterocycles. The molecule has 0 N–H and O–H groups in total. The Morgan fingerprint density at radius 1 is 0.955 bits per heavy atom. The zero-order valence-corrected chi connectivity index (χ0v) is 15.8. The zero-order chi connectivity index (χ0) is 16.2. The van der Waals surface area contributed by atoms with Gasteiger partial charge in [0.05, 0.1) is 6.17 Å². The lowest BCUT2D eigenvalue weighted by Crippen LogP contribution is -2.66. The molecule has 2 rings (SSSR count). The molecule has 5 heteroatoms. The largest absolute Gasteiger partial charge is 0.237 e. The molecule has 0 bridgehead atoms. The molecule has 2 aromatic carbocycles. The summed E-state index contributed by atoms with van der Waals surface area (Å²) in [6.45, 7) is 6.74. The van der Waals surface area contributed by atoms with Gasteiger partial charge in [0, 0.05) is 0 Å². The van der Waals surface area contributed by atoms with Crippen LogP contribution in [0.25, 0.3) is 0 Å². The third-order valence-corrected chi connectivity index (χ3v) is 11.0. The normalized spacial score (nSPS) is 14.0. The number of benzene rings is 2. The fourth-order valence-electron chi connectivity index (χ4n) is 3.06. The van der Waals surface area contributed by atoms with E-state index < -0.39 is 17.9 Å².